The number of carbonyl (C=O) groups excluding carboxylic acids is 1. The number of rotatable bonds is 10. The zero-order valence-electron chi connectivity index (χ0n) is 20.0. The fraction of sp³-hybridized carbons (Fsp3) is 0.179. The Labute approximate surface area is 213 Å². The van der Waals surface area contributed by atoms with E-state index < -0.39 is 5.91 Å². The van der Waals surface area contributed by atoms with Gasteiger partial charge in [-0.25, -0.2) is 4.98 Å². The number of aromatic nitrogens is 1. The maximum atomic E-state index is 12.7. The molecule has 182 valence electrons. The van der Waals surface area contributed by atoms with E-state index in [1.165, 1.54) is 17.4 Å². The highest BCUT2D eigenvalue weighted by atomic mass is 32.1. The van der Waals surface area contributed by atoms with Crippen molar-refractivity contribution in [2.24, 2.45) is 0 Å². The standard InChI is InChI=1S/C28H25N3O4S/c1-19-7-5-8-22(15-19)34-13-6-14-35-24-12-11-20(17-25(24)33-2)16-21(18-29)27(32)31-28-30-23-9-3-4-10-26(23)36-28/h3-5,7-12,15-17H,6,13-14H2,1-2H3,(H,30,31,32)/b21-16+. The van der Waals surface area contributed by atoms with E-state index in [1.807, 2.05) is 61.5 Å². The van der Waals surface area contributed by atoms with Crippen LogP contribution in [0.15, 0.2) is 72.3 Å². The van der Waals surface area contributed by atoms with Crippen LogP contribution in [0.3, 0.4) is 0 Å². The summed E-state index contributed by atoms with van der Waals surface area (Å²) in [5.41, 5.74) is 2.54. The topological polar surface area (TPSA) is 93.5 Å². The molecule has 1 amide bonds. The smallest absolute Gasteiger partial charge is 0.268 e. The molecule has 0 saturated carbocycles. The van der Waals surface area contributed by atoms with Gasteiger partial charge in [-0.1, -0.05) is 41.7 Å². The van der Waals surface area contributed by atoms with Crippen molar-refractivity contribution in [3.05, 3.63) is 83.4 Å². The van der Waals surface area contributed by atoms with Gasteiger partial charge in [0.15, 0.2) is 16.6 Å². The number of nitrogens with one attached hydrogen (secondary N) is 1. The number of thiazole rings is 1. The Morgan fingerprint density at radius 3 is 2.67 bits per heavy atom. The minimum atomic E-state index is -0.524. The van der Waals surface area contributed by atoms with Crippen molar-refractivity contribution in [1.29, 1.82) is 5.26 Å². The molecule has 0 bridgehead atoms. The largest absolute Gasteiger partial charge is 0.493 e. The van der Waals surface area contributed by atoms with E-state index in [2.05, 4.69) is 10.3 Å². The van der Waals surface area contributed by atoms with E-state index in [9.17, 15) is 10.1 Å². The zero-order chi connectivity index (χ0) is 25.3. The minimum Gasteiger partial charge on any atom is -0.493 e. The van der Waals surface area contributed by atoms with Gasteiger partial charge < -0.3 is 14.2 Å². The molecular weight excluding hydrogens is 474 g/mol. The number of hydrogen-bond acceptors (Lipinski definition) is 7. The molecule has 7 nitrogen and oxygen atoms in total. The number of amides is 1. The number of benzene rings is 3. The molecule has 0 aliphatic carbocycles. The lowest BCUT2D eigenvalue weighted by Gasteiger charge is -2.12. The molecule has 0 aliphatic heterocycles. The number of nitrogens with zero attached hydrogens (tertiary/aromatic N) is 2. The Bertz CT molecular complexity index is 1410. The van der Waals surface area contributed by atoms with Crippen LogP contribution in [-0.4, -0.2) is 31.2 Å². The quantitative estimate of drug-likeness (QED) is 0.163. The SMILES string of the molecule is COc1cc(/C=C(\C#N)C(=O)Nc2nc3ccccc3s2)ccc1OCCCOc1cccc(C)c1. The highest BCUT2D eigenvalue weighted by Crippen LogP contribution is 2.30. The zero-order valence-corrected chi connectivity index (χ0v) is 20.8. The Morgan fingerprint density at radius 2 is 1.89 bits per heavy atom. The summed E-state index contributed by atoms with van der Waals surface area (Å²) in [7, 11) is 1.54. The van der Waals surface area contributed by atoms with E-state index in [0.29, 0.717) is 41.8 Å². The first-order valence-corrected chi connectivity index (χ1v) is 12.2. The summed E-state index contributed by atoms with van der Waals surface area (Å²) < 4.78 is 18.0. The third kappa shape index (κ3) is 6.40. The fourth-order valence-corrected chi connectivity index (χ4v) is 4.30. The maximum absolute atomic E-state index is 12.7. The average Bonchev–Trinajstić information content (AvgIpc) is 3.29. The van der Waals surface area contributed by atoms with Gasteiger partial charge in [0.25, 0.3) is 5.91 Å². The second-order valence-electron chi connectivity index (χ2n) is 7.89. The molecule has 8 heteroatoms. The van der Waals surface area contributed by atoms with E-state index in [4.69, 9.17) is 14.2 Å². The predicted molar refractivity (Wildman–Crippen MR) is 142 cm³/mol. The predicted octanol–water partition coefficient (Wildman–Crippen LogP) is 6.01. The van der Waals surface area contributed by atoms with Crippen LogP contribution in [0.4, 0.5) is 5.13 Å². The fourth-order valence-electron chi connectivity index (χ4n) is 3.43. The van der Waals surface area contributed by atoms with Gasteiger partial charge in [-0.3, -0.25) is 10.1 Å². The van der Waals surface area contributed by atoms with Gasteiger partial charge in [-0.2, -0.15) is 5.26 Å². The molecule has 4 rings (SSSR count). The molecule has 0 unspecified atom stereocenters. The molecule has 1 heterocycles. The van der Waals surface area contributed by atoms with Crippen LogP contribution in [0.2, 0.25) is 0 Å². The molecule has 1 N–H and O–H groups in total. The summed E-state index contributed by atoms with van der Waals surface area (Å²) in [5.74, 6) is 1.39. The molecular formula is C28H25N3O4S. The van der Waals surface area contributed by atoms with E-state index in [1.54, 1.807) is 25.3 Å². The lowest BCUT2D eigenvalue weighted by Crippen LogP contribution is -2.13. The number of para-hydroxylation sites is 1. The molecule has 3 aromatic carbocycles. The van der Waals surface area contributed by atoms with Crippen LogP contribution >= 0.6 is 11.3 Å². The van der Waals surface area contributed by atoms with Crippen molar-refractivity contribution in [1.82, 2.24) is 4.98 Å². The Kier molecular flexibility index (Phi) is 8.16. The van der Waals surface area contributed by atoms with Crippen LogP contribution < -0.4 is 19.5 Å². The summed E-state index contributed by atoms with van der Waals surface area (Å²) in [5, 5.41) is 12.7. The van der Waals surface area contributed by atoms with Crippen LogP contribution in [0.1, 0.15) is 17.5 Å². The second-order valence-corrected chi connectivity index (χ2v) is 8.92. The lowest BCUT2D eigenvalue weighted by molar-refractivity contribution is -0.112. The third-order valence-corrected chi connectivity index (χ3v) is 6.13. The number of aryl methyl sites for hydroxylation is 1. The van der Waals surface area contributed by atoms with Crippen molar-refractivity contribution in [2.45, 2.75) is 13.3 Å². The molecule has 0 spiro atoms. The van der Waals surface area contributed by atoms with Gasteiger partial charge in [-0.05, 0) is 60.5 Å². The van der Waals surface area contributed by atoms with Crippen molar-refractivity contribution in [3.8, 4) is 23.3 Å². The molecule has 36 heavy (non-hydrogen) atoms. The van der Waals surface area contributed by atoms with Crippen molar-refractivity contribution < 1.29 is 19.0 Å². The van der Waals surface area contributed by atoms with Crippen molar-refractivity contribution in [2.75, 3.05) is 25.6 Å². The number of anilines is 1. The number of fused-ring (bicyclic) bond motifs is 1. The van der Waals surface area contributed by atoms with Crippen molar-refractivity contribution in [3.63, 3.8) is 0 Å². The lowest BCUT2D eigenvalue weighted by atomic mass is 10.1. The van der Waals surface area contributed by atoms with Gasteiger partial charge in [0.05, 0.1) is 30.5 Å². The van der Waals surface area contributed by atoms with E-state index in [-0.39, 0.29) is 5.57 Å². The first-order valence-electron chi connectivity index (χ1n) is 11.3. The van der Waals surface area contributed by atoms with Gasteiger partial charge in [0.2, 0.25) is 0 Å². The van der Waals surface area contributed by atoms with Crippen LogP contribution in [0.5, 0.6) is 17.2 Å². The third-order valence-electron chi connectivity index (χ3n) is 5.18. The molecule has 0 saturated heterocycles. The van der Waals surface area contributed by atoms with Gasteiger partial charge in [0, 0.05) is 6.42 Å². The van der Waals surface area contributed by atoms with Crippen LogP contribution in [0, 0.1) is 18.3 Å². The number of methoxy groups -OCH3 is 1. The second kappa shape index (κ2) is 11.9. The summed E-state index contributed by atoms with van der Waals surface area (Å²) in [4.78, 5) is 17.0. The number of hydrogen-bond donors (Lipinski definition) is 1. The summed E-state index contributed by atoms with van der Waals surface area (Å²) >= 11 is 1.35. The molecule has 4 aromatic rings. The molecule has 0 atom stereocenters. The van der Waals surface area contributed by atoms with Gasteiger partial charge in [0.1, 0.15) is 17.4 Å². The van der Waals surface area contributed by atoms with Gasteiger partial charge in [-0.15, -0.1) is 0 Å². The minimum absolute atomic E-state index is 0.0433. The molecule has 0 radical (unpaired) electrons. The van der Waals surface area contributed by atoms with Crippen LogP contribution in [0.25, 0.3) is 16.3 Å². The van der Waals surface area contributed by atoms with Gasteiger partial charge >= 0.3 is 0 Å². The first kappa shape index (κ1) is 24.8. The molecule has 0 aliphatic rings. The Hall–Kier alpha value is -4.35. The maximum Gasteiger partial charge on any atom is 0.268 e. The number of ether oxygens (including phenoxy) is 3. The molecule has 1 aromatic heterocycles. The summed E-state index contributed by atoms with van der Waals surface area (Å²) in [6, 6.07) is 22.7. The number of carbonyl (C=O) groups is 1. The highest BCUT2D eigenvalue weighted by molar-refractivity contribution is 7.22. The van der Waals surface area contributed by atoms with Crippen LogP contribution in [-0.2, 0) is 4.79 Å². The van der Waals surface area contributed by atoms with E-state index >= 15 is 0 Å². The Balaban J connectivity index is 1.35. The van der Waals surface area contributed by atoms with E-state index in [0.717, 1.165) is 21.5 Å². The van der Waals surface area contributed by atoms with Crippen molar-refractivity contribution >= 4 is 38.7 Å². The highest BCUT2D eigenvalue weighted by Gasteiger charge is 2.13. The number of nitriles is 1. The Morgan fingerprint density at radius 1 is 1.06 bits per heavy atom. The monoisotopic (exact) mass is 499 g/mol. The average molecular weight is 500 g/mol. The summed E-state index contributed by atoms with van der Waals surface area (Å²) in [6.07, 6.45) is 2.20. The normalized spacial score (nSPS) is 11.1. The molecule has 0 fully saturated rings. The first-order chi connectivity index (χ1) is 17.6. The summed E-state index contributed by atoms with van der Waals surface area (Å²) in [6.45, 7) is 3.00.